The number of amidine groups is 2. The molecular formula is C28H39N5O6S. The molecule has 218 valence electrons. The summed E-state index contributed by atoms with van der Waals surface area (Å²) >= 11 is 1.25. The summed E-state index contributed by atoms with van der Waals surface area (Å²) in [5.41, 5.74) is 7.12. The summed E-state index contributed by atoms with van der Waals surface area (Å²) in [6.45, 7) is 4.07. The van der Waals surface area contributed by atoms with Crippen LogP contribution in [0.4, 0.5) is 0 Å². The van der Waals surface area contributed by atoms with E-state index in [0.717, 1.165) is 32.1 Å². The van der Waals surface area contributed by atoms with Gasteiger partial charge in [0.2, 0.25) is 5.91 Å². The van der Waals surface area contributed by atoms with E-state index >= 15 is 0 Å². The number of rotatable bonds is 12. The highest BCUT2D eigenvalue weighted by Gasteiger charge is 2.44. The maximum atomic E-state index is 13.2. The lowest BCUT2D eigenvalue weighted by Gasteiger charge is -2.36. The zero-order valence-corrected chi connectivity index (χ0v) is 23.9. The van der Waals surface area contributed by atoms with Gasteiger partial charge >= 0.3 is 11.9 Å². The Morgan fingerprint density at radius 2 is 1.75 bits per heavy atom. The van der Waals surface area contributed by atoms with E-state index in [1.165, 1.54) is 11.8 Å². The van der Waals surface area contributed by atoms with Gasteiger partial charge in [0.05, 0.1) is 12.3 Å². The van der Waals surface area contributed by atoms with E-state index in [0.29, 0.717) is 41.5 Å². The second-order valence-electron chi connectivity index (χ2n) is 10.3. The number of carbonyl (C=O) groups is 4. The molecule has 1 aromatic rings. The van der Waals surface area contributed by atoms with E-state index in [9.17, 15) is 19.2 Å². The van der Waals surface area contributed by atoms with Gasteiger partial charge in [0.25, 0.3) is 5.91 Å². The first-order valence-corrected chi connectivity index (χ1v) is 14.7. The molecule has 2 amide bonds. The third kappa shape index (κ3) is 8.54. The zero-order chi connectivity index (χ0) is 29.2. The molecule has 0 bridgehead atoms. The number of amides is 2. The van der Waals surface area contributed by atoms with Crippen molar-refractivity contribution in [3.05, 3.63) is 35.4 Å². The number of nitrogens with two attached hydrogens (primary N) is 1. The molecule has 0 radical (unpaired) electrons. The van der Waals surface area contributed by atoms with Gasteiger partial charge < -0.3 is 26.2 Å². The van der Waals surface area contributed by atoms with E-state index in [1.807, 2.05) is 6.92 Å². The summed E-state index contributed by atoms with van der Waals surface area (Å²) in [4.78, 5) is 58.7. The first-order valence-electron chi connectivity index (χ1n) is 13.8. The highest BCUT2D eigenvalue weighted by atomic mass is 32.2. The average molecular weight is 574 g/mol. The highest BCUT2D eigenvalue weighted by molar-refractivity contribution is 8.15. The van der Waals surface area contributed by atoms with Crippen LogP contribution in [-0.2, 0) is 14.4 Å². The first kappa shape index (κ1) is 31.1. The Bertz CT molecular complexity index is 1130. The van der Waals surface area contributed by atoms with Gasteiger partial charge in [-0.25, -0.2) is 0 Å². The van der Waals surface area contributed by atoms with Gasteiger partial charge in [0.1, 0.15) is 11.1 Å². The van der Waals surface area contributed by atoms with Crippen molar-refractivity contribution in [3.63, 3.8) is 0 Å². The SMILES string of the molecule is CC(CCCN=C(N)c1ccc(C(=O)N=C2SC(C(=O)NCCC(=O)O)C(C)N2C2CCCCC2)cc1)C(=O)O. The third-order valence-corrected chi connectivity index (χ3v) is 8.69. The molecule has 2 fully saturated rings. The van der Waals surface area contributed by atoms with Crippen LogP contribution in [0, 0.1) is 5.92 Å². The molecule has 1 aliphatic heterocycles. The van der Waals surface area contributed by atoms with Crippen molar-refractivity contribution in [1.82, 2.24) is 10.2 Å². The molecule has 1 saturated heterocycles. The van der Waals surface area contributed by atoms with E-state index < -0.39 is 29.0 Å². The summed E-state index contributed by atoms with van der Waals surface area (Å²) in [5, 5.41) is 20.6. The van der Waals surface area contributed by atoms with E-state index in [4.69, 9.17) is 15.9 Å². The fourth-order valence-corrected chi connectivity index (χ4v) is 6.26. The Balaban J connectivity index is 1.70. The van der Waals surface area contributed by atoms with Crippen LogP contribution in [0.25, 0.3) is 0 Å². The van der Waals surface area contributed by atoms with Crippen molar-refractivity contribution in [1.29, 1.82) is 0 Å². The van der Waals surface area contributed by atoms with Crippen molar-refractivity contribution < 1.29 is 29.4 Å². The minimum atomic E-state index is -0.978. The molecule has 40 heavy (non-hydrogen) atoms. The van der Waals surface area contributed by atoms with Crippen molar-refractivity contribution in [3.8, 4) is 0 Å². The van der Waals surface area contributed by atoms with Gasteiger partial charge in [-0.1, -0.05) is 50.1 Å². The Hall–Kier alpha value is -3.41. The number of carboxylic acid groups (broad SMARTS) is 2. The van der Waals surface area contributed by atoms with Crippen LogP contribution in [0.1, 0.15) is 81.1 Å². The summed E-state index contributed by atoms with van der Waals surface area (Å²) in [6.07, 6.45) is 6.22. The number of benzene rings is 1. The van der Waals surface area contributed by atoms with E-state index in [2.05, 4.69) is 20.2 Å². The molecule has 1 aromatic carbocycles. The molecule has 1 heterocycles. The number of hydrogen-bond donors (Lipinski definition) is 4. The standard InChI is InChI=1S/C28H39N5O6S/c1-17(27(38)39)7-6-15-30-24(29)19-10-12-20(13-11-19)25(36)32-28-33(21-8-4-3-5-9-21)18(2)23(40-28)26(37)31-16-14-22(34)35/h10-13,17-18,21,23H,3-9,14-16H2,1-2H3,(H2,29,30)(H,31,37)(H,34,35)(H,38,39). The third-order valence-electron chi connectivity index (χ3n) is 7.32. The van der Waals surface area contributed by atoms with Gasteiger partial charge in [0, 0.05) is 36.3 Å². The number of aliphatic carboxylic acids is 2. The Morgan fingerprint density at radius 3 is 2.38 bits per heavy atom. The lowest BCUT2D eigenvalue weighted by atomic mass is 9.93. The second-order valence-corrected chi connectivity index (χ2v) is 11.4. The van der Waals surface area contributed by atoms with Crippen LogP contribution in [-0.4, -0.2) is 80.3 Å². The smallest absolute Gasteiger partial charge is 0.306 e. The maximum absolute atomic E-state index is 13.2. The van der Waals surface area contributed by atoms with Crippen molar-refractivity contribution in [2.45, 2.75) is 82.5 Å². The minimum Gasteiger partial charge on any atom is -0.481 e. The van der Waals surface area contributed by atoms with Gasteiger partial charge in [-0.15, -0.1) is 0 Å². The molecule has 2 aliphatic rings. The first-order chi connectivity index (χ1) is 19.1. The second kappa shape index (κ2) is 14.8. The molecule has 11 nitrogen and oxygen atoms in total. The predicted molar refractivity (Wildman–Crippen MR) is 155 cm³/mol. The lowest BCUT2D eigenvalue weighted by Crippen LogP contribution is -2.47. The molecule has 1 saturated carbocycles. The number of hydrogen-bond acceptors (Lipinski definition) is 6. The van der Waals surface area contributed by atoms with Gasteiger partial charge in [-0.2, -0.15) is 4.99 Å². The summed E-state index contributed by atoms with van der Waals surface area (Å²) < 4.78 is 0. The summed E-state index contributed by atoms with van der Waals surface area (Å²) in [7, 11) is 0. The fraction of sp³-hybridized carbons (Fsp3) is 0.571. The van der Waals surface area contributed by atoms with Gasteiger partial charge in [-0.3, -0.25) is 24.2 Å². The van der Waals surface area contributed by atoms with E-state index in [-0.39, 0.29) is 31.0 Å². The Kier molecular flexibility index (Phi) is 11.5. The number of aliphatic imine (C=N–C) groups is 2. The van der Waals surface area contributed by atoms with Crippen molar-refractivity contribution in [2.24, 2.45) is 21.6 Å². The van der Waals surface area contributed by atoms with Crippen LogP contribution in [0.3, 0.4) is 0 Å². The molecule has 3 rings (SSSR count). The molecule has 1 aliphatic carbocycles. The fourth-order valence-electron chi connectivity index (χ4n) is 4.94. The lowest BCUT2D eigenvalue weighted by molar-refractivity contribution is -0.141. The summed E-state index contributed by atoms with van der Waals surface area (Å²) in [5.74, 6) is -2.61. The Morgan fingerprint density at radius 1 is 1.10 bits per heavy atom. The predicted octanol–water partition coefficient (Wildman–Crippen LogP) is 3.12. The zero-order valence-electron chi connectivity index (χ0n) is 23.0. The molecular weight excluding hydrogens is 534 g/mol. The van der Waals surface area contributed by atoms with Crippen LogP contribution >= 0.6 is 11.8 Å². The quantitative estimate of drug-likeness (QED) is 0.166. The molecule has 0 aromatic heterocycles. The van der Waals surface area contributed by atoms with Crippen LogP contribution in [0.15, 0.2) is 34.3 Å². The van der Waals surface area contributed by atoms with Gasteiger partial charge in [0.15, 0.2) is 5.17 Å². The molecule has 12 heteroatoms. The maximum Gasteiger partial charge on any atom is 0.306 e. The van der Waals surface area contributed by atoms with Crippen LogP contribution in [0.5, 0.6) is 0 Å². The minimum absolute atomic E-state index is 0.0486. The van der Waals surface area contributed by atoms with Crippen molar-refractivity contribution in [2.75, 3.05) is 13.1 Å². The largest absolute Gasteiger partial charge is 0.481 e. The monoisotopic (exact) mass is 573 g/mol. The van der Waals surface area contributed by atoms with E-state index in [1.54, 1.807) is 31.2 Å². The van der Waals surface area contributed by atoms with Crippen LogP contribution in [0.2, 0.25) is 0 Å². The van der Waals surface area contributed by atoms with Crippen LogP contribution < -0.4 is 11.1 Å². The molecule has 3 unspecified atom stereocenters. The average Bonchev–Trinajstić information content (AvgIpc) is 3.26. The number of carboxylic acids is 2. The number of thioether (sulfide) groups is 1. The normalized spacial score (nSPS) is 21.8. The number of nitrogens with zero attached hydrogens (tertiary/aromatic N) is 3. The van der Waals surface area contributed by atoms with Gasteiger partial charge in [-0.05, 0) is 44.7 Å². The Labute approximate surface area is 238 Å². The summed E-state index contributed by atoms with van der Waals surface area (Å²) in [6, 6.07) is 6.68. The topological polar surface area (TPSA) is 175 Å². The number of carbonyl (C=O) groups excluding carboxylic acids is 2. The molecule has 0 spiro atoms. The molecule has 3 atom stereocenters. The highest BCUT2D eigenvalue weighted by Crippen LogP contribution is 2.37. The van der Waals surface area contributed by atoms with Crippen molar-refractivity contribution >= 4 is 46.5 Å². The number of nitrogens with one attached hydrogen (secondary N) is 1. The molecule has 5 N–H and O–H groups in total.